The minimum absolute atomic E-state index is 0.249. The number of benzene rings is 2. The zero-order valence-corrected chi connectivity index (χ0v) is 15.7. The largest absolute Gasteiger partial charge is 0.484 e. The van der Waals surface area contributed by atoms with Crippen molar-refractivity contribution in [3.05, 3.63) is 71.0 Å². The maximum absolute atomic E-state index is 11.8. The molecule has 2 amide bonds. The number of aryl methyl sites for hydroxylation is 1. The van der Waals surface area contributed by atoms with E-state index in [0.29, 0.717) is 16.5 Å². The van der Waals surface area contributed by atoms with E-state index in [2.05, 4.69) is 20.8 Å². The van der Waals surface area contributed by atoms with E-state index in [1.165, 1.54) is 12.2 Å². The number of carbonyl (C=O) groups excluding carboxylic acids is 2. The van der Waals surface area contributed by atoms with Crippen molar-refractivity contribution in [1.82, 2.24) is 20.8 Å². The van der Waals surface area contributed by atoms with Crippen LogP contribution in [0, 0.1) is 6.92 Å². The Labute approximate surface area is 166 Å². The lowest BCUT2D eigenvalue weighted by molar-refractivity contribution is -0.128. The van der Waals surface area contributed by atoms with Gasteiger partial charge in [-0.1, -0.05) is 23.7 Å². The predicted molar refractivity (Wildman–Crippen MR) is 107 cm³/mol. The van der Waals surface area contributed by atoms with Crippen LogP contribution in [0.5, 0.6) is 5.75 Å². The van der Waals surface area contributed by atoms with Crippen LogP contribution >= 0.6 is 11.6 Å². The molecule has 0 spiro atoms. The molecule has 7 nitrogen and oxygen atoms in total. The van der Waals surface area contributed by atoms with Gasteiger partial charge in [0.15, 0.2) is 6.61 Å². The van der Waals surface area contributed by atoms with E-state index in [0.717, 1.165) is 16.6 Å². The molecular formula is C20H17ClN4O3. The molecule has 1 aromatic heterocycles. The third-order valence-electron chi connectivity index (χ3n) is 3.70. The van der Waals surface area contributed by atoms with Gasteiger partial charge in [-0.15, -0.1) is 0 Å². The molecule has 0 aliphatic heterocycles. The minimum Gasteiger partial charge on any atom is -0.484 e. The number of hydrogen-bond donors (Lipinski definition) is 2. The molecule has 2 N–H and O–H groups in total. The second-order valence-electron chi connectivity index (χ2n) is 5.85. The van der Waals surface area contributed by atoms with Gasteiger partial charge < -0.3 is 4.74 Å². The number of amides is 2. The normalized spacial score (nSPS) is 10.8. The van der Waals surface area contributed by atoms with Crippen molar-refractivity contribution in [3.63, 3.8) is 0 Å². The summed E-state index contributed by atoms with van der Waals surface area (Å²) in [6, 6.07) is 12.5. The molecule has 2 aromatic carbocycles. The number of hydrazine groups is 1. The van der Waals surface area contributed by atoms with E-state index in [9.17, 15) is 9.59 Å². The number of ether oxygens (including phenoxy) is 1. The number of halogens is 1. The smallest absolute Gasteiger partial charge is 0.276 e. The van der Waals surface area contributed by atoms with Crippen LogP contribution in [-0.4, -0.2) is 28.4 Å². The monoisotopic (exact) mass is 396 g/mol. The zero-order valence-electron chi connectivity index (χ0n) is 15.0. The Balaban J connectivity index is 1.46. The van der Waals surface area contributed by atoms with Crippen molar-refractivity contribution < 1.29 is 14.3 Å². The molecule has 0 bridgehead atoms. The van der Waals surface area contributed by atoms with Crippen molar-refractivity contribution in [2.24, 2.45) is 0 Å². The Hall–Kier alpha value is -3.45. The molecule has 1 heterocycles. The van der Waals surface area contributed by atoms with Crippen molar-refractivity contribution in [3.8, 4) is 5.75 Å². The summed E-state index contributed by atoms with van der Waals surface area (Å²) in [4.78, 5) is 32.2. The first-order valence-corrected chi connectivity index (χ1v) is 8.77. The van der Waals surface area contributed by atoms with Gasteiger partial charge in [0, 0.05) is 11.1 Å². The van der Waals surface area contributed by atoms with Gasteiger partial charge in [0.25, 0.3) is 11.8 Å². The van der Waals surface area contributed by atoms with Crippen LogP contribution in [-0.2, 0) is 9.59 Å². The molecule has 0 atom stereocenters. The van der Waals surface area contributed by atoms with Crippen LogP contribution in [0.2, 0.25) is 5.02 Å². The number of nitrogens with zero attached hydrogens (tertiary/aromatic N) is 2. The highest BCUT2D eigenvalue weighted by Gasteiger charge is 2.05. The molecule has 0 aliphatic rings. The van der Waals surface area contributed by atoms with E-state index in [1.807, 2.05) is 31.2 Å². The van der Waals surface area contributed by atoms with Crippen LogP contribution < -0.4 is 15.6 Å². The summed E-state index contributed by atoms with van der Waals surface area (Å²) < 4.78 is 5.35. The fourth-order valence-corrected chi connectivity index (χ4v) is 2.40. The van der Waals surface area contributed by atoms with Gasteiger partial charge in [0.05, 0.1) is 22.9 Å². The average molecular weight is 397 g/mol. The molecule has 0 saturated carbocycles. The van der Waals surface area contributed by atoms with Crippen molar-refractivity contribution in [1.29, 1.82) is 0 Å². The SMILES string of the molecule is Cc1cc(OCC(=O)NNC(=O)/C=C/c2cnc3ccccc3n2)ccc1Cl. The lowest BCUT2D eigenvalue weighted by Gasteiger charge is -2.08. The highest BCUT2D eigenvalue weighted by Crippen LogP contribution is 2.20. The third kappa shape index (κ3) is 5.28. The van der Waals surface area contributed by atoms with Crippen LogP contribution in [0.1, 0.15) is 11.3 Å². The number of rotatable bonds is 5. The number of fused-ring (bicyclic) bond motifs is 1. The van der Waals surface area contributed by atoms with Gasteiger partial charge in [-0.05, 0) is 48.9 Å². The molecular weight excluding hydrogens is 380 g/mol. The molecule has 8 heteroatoms. The highest BCUT2D eigenvalue weighted by molar-refractivity contribution is 6.31. The fourth-order valence-electron chi connectivity index (χ4n) is 2.28. The standard InChI is InChI=1S/C20H17ClN4O3/c1-13-10-15(7-8-16(13)21)28-12-20(27)25-24-19(26)9-6-14-11-22-17-4-2-3-5-18(17)23-14/h2-11H,12H2,1H3,(H,24,26)(H,25,27)/b9-6+. The third-order valence-corrected chi connectivity index (χ3v) is 4.12. The molecule has 3 rings (SSSR count). The minimum atomic E-state index is -0.509. The molecule has 0 unspecified atom stereocenters. The number of hydrogen-bond acceptors (Lipinski definition) is 5. The first-order valence-electron chi connectivity index (χ1n) is 8.39. The Morgan fingerprint density at radius 3 is 2.71 bits per heavy atom. The summed E-state index contributed by atoms with van der Waals surface area (Å²) in [5.74, 6) is -0.497. The van der Waals surface area contributed by atoms with Crippen molar-refractivity contribution in [2.45, 2.75) is 6.92 Å². The maximum Gasteiger partial charge on any atom is 0.276 e. The van der Waals surface area contributed by atoms with E-state index < -0.39 is 11.8 Å². The molecule has 142 valence electrons. The van der Waals surface area contributed by atoms with Crippen LogP contribution in [0.4, 0.5) is 0 Å². The second kappa shape index (κ2) is 8.96. The second-order valence-corrected chi connectivity index (χ2v) is 6.26. The molecule has 3 aromatic rings. The molecule has 28 heavy (non-hydrogen) atoms. The van der Waals surface area contributed by atoms with Gasteiger partial charge in [0.1, 0.15) is 5.75 Å². The number of carbonyl (C=O) groups is 2. The van der Waals surface area contributed by atoms with Gasteiger partial charge in [0.2, 0.25) is 0 Å². The topological polar surface area (TPSA) is 93.2 Å². The van der Waals surface area contributed by atoms with Crippen LogP contribution in [0.25, 0.3) is 17.1 Å². The summed E-state index contributed by atoms with van der Waals surface area (Å²) in [5, 5.41) is 0.618. The average Bonchev–Trinajstić information content (AvgIpc) is 2.71. The Morgan fingerprint density at radius 1 is 1.14 bits per heavy atom. The summed E-state index contributed by atoms with van der Waals surface area (Å²) in [7, 11) is 0. The van der Waals surface area contributed by atoms with Gasteiger partial charge in [-0.3, -0.25) is 25.4 Å². The van der Waals surface area contributed by atoms with Gasteiger partial charge in [-0.25, -0.2) is 4.98 Å². The Kier molecular flexibility index (Phi) is 6.18. The maximum atomic E-state index is 11.8. The first kappa shape index (κ1) is 19.3. The number of aromatic nitrogens is 2. The zero-order chi connectivity index (χ0) is 19.9. The van der Waals surface area contributed by atoms with Gasteiger partial charge in [-0.2, -0.15) is 0 Å². The summed E-state index contributed by atoms with van der Waals surface area (Å²) in [5.41, 5.74) is 7.41. The highest BCUT2D eigenvalue weighted by atomic mass is 35.5. The Bertz CT molecular complexity index is 1050. The van der Waals surface area contributed by atoms with Gasteiger partial charge >= 0.3 is 0 Å². The predicted octanol–water partition coefficient (Wildman–Crippen LogP) is 2.83. The molecule has 0 aliphatic carbocycles. The fraction of sp³-hybridized carbons (Fsp3) is 0.100. The van der Waals surface area contributed by atoms with E-state index in [1.54, 1.807) is 24.4 Å². The van der Waals surface area contributed by atoms with Crippen molar-refractivity contribution >= 4 is 40.5 Å². The van der Waals surface area contributed by atoms with E-state index in [4.69, 9.17) is 16.3 Å². The molecule has 0 saturated heterocycles. The Morgan fingerprint density at radius 2 is 1.93 bits per heavy atom. The van der Waals surface area contributed by atoms with Crippen molar-refractivity contribution in [2.75, 3.05) is 6.61 Å². The van der Waals surface area contributed by atoms with E-state index >= 15 is 0 Å². The number of para-hydroxylation sites is 2. The molecule has 0 fully saturated rings. The van der Waals surface area contributed by atoms with Crippen LogP contribution in [0.3, 0.4) is 0 Å². The lowest BCUT2D eigenvalue weighted by Crippen LogP contribution is -2.43. The summed E-state index contributed by atoms with van der Waals surface area (Å²) in [6.45, 7) is 1.59. The summed E-state index contributed by atoms with van der Waals surface area (Å²) in [6.07, 6.45) is 4.32. The first-order chi connectivity index (χ1) is 13.5. The lowest BCUT2D eigenvalue weighted by atomic mass is 10.2. The number of nitrogens with one attached hydrogen (secondary N) is 2. The summed E-state index contributed by atoms with van der Waals surface area (Å²) >= 11 is 5.93. The van der Waals surface area contributed by atoms with E-state index in [-0.39, 0.29) is 6.61 Å². The quantitative estimate of drug-likeness (QED) is 0.511. The molecule has 0 radical (unpaired) electrons. The van der Waals surface area contributed by atoms with Crippen LogP contribution in [0.15, 0.2) is 54.7 Å².